The van der Waals surface area contributed by atoms with Gasteiger partial charge in [0.15, 0.2) is 0 Å². The molecule has 0 aromatic heterocycles. The van der Waals surface area contributed by atoms with Gasteiger partial charge < -0.3 is 10.1 Å². The Hall–Kier alpha value is -0.770. The molecule has 0 radical (unpaired) electrons. The fourth-order valence-electron chi connectivity index (χ4n) is 2.71. The largest absolute Gasteiger partial charge is 0.444 e. The summed E-state index contributed by atoms with van der Waals surface area (Å²) in [6.45, 7) is 7.98. The van der Waals surface area contributed by atoms with Crippen molar-refractivity contribution in [2.45, 2.75) is 57.7 Å². The van der Waals surface area contributed by atoms with Gasteiger partial charge >= 0.3 is 6.09 Å². The SMILES string of the molecule is CC(C)(C)OC(=O)N[C@@H]1CCN2CCC[C@@H]12. The summed E-state index contributed by atoms with van der Waals surface area (Å²) < 4.78 is 5.28. The molecular weight excluding hydrogens is 204 g/mol. The number of alkyl carbamates (subject to hydrolysis) is 1. The van der Waals surface area contributed by atoms with Gasteiger partial charge in [-0.05, 0) is 46.6 Å². The summed E-state index contributed by atoms with van der Waals surface area (Å²) in [5.74, 6) is 0. The van der Waals surface area contributed by atoms with Gasteiger partial charge in [0.25, 0.3) is 0 Å². The van der Waals surface area contributed by atoms with Crippen molar-refractivity contribution in [3.8, 4) is 0 Å². The van der Waals surface area contributed by atoms with Crippen molar-refractivity contribution in [2.24, 2.45) is 0 Å². The van der Waals surface area contributed by atoms with Crippen LogP contribution in [-0.2, 0) is 4.74 Å². The highest BCUT2D eigenvalue weighted by Gasteiger charge is 2.38. The highest BCUT2D eigenvalue weighted by atomic mass is 16.6. The lowest BCUT2D eigenvalue weighted by Crippen LogP contribution is -2.44. The van der Waals surface area contributed by atoms with Crippen LogP contribution in [0.3, 0.4) is 0 Å². The number of amides is 1. The molecule has 0 spiro atoms. The molecule has 0 aromatic rings. The molecule has 4 nitrogen and oxygen atoms in total. The van der Waals surface area contributed by atoms with Gasteiger partial charge in [0.05, 0.1) is 0 Å². The minimum Gasteiger partial charge on any atom is -0.444 e. The Kier molecular flexibility index (Phi) is 3.10. The van der Waals surface area contributed by atoms with Crippen molar-refractivity contribution >= 4 is 6.09 Å². The number of carbonyl (C=O) groups is 1. The Morgan fingerprint density at radius 2 is 2.06 bits per heavy atom. The molecule has 0 unspecified atom stereocenters. The van der Waals surface area contributed by atoms with E-state index in [4.69, 9.17) is 4.74 Å². The van der Waals surface area contributed by atoms with E-state index in [2.05, 4.69) is 10.2 Å². The molecule has 2 heterocycles. The van der Waals surface area contributed by atoms with E-state index in [0.717, 1.165) is 13.0 Å². The number of rotatable bonds is 1. The summed E-state index contributed by atoms with van der Waals surface area (Å²) in [7, 11) is 0. The summed E-state index contributed by atoms with van der Waals surface area (Å²) in [6.07, 6.45) is 3.26. The van der Waals surface area contributed by atoms with Gasteiger partial charge in [-0.25, -0.2) is 4.79 Å². The summed E-state index contributed by atoms with van der Waals surface area (Å²) in [5, 5.41) is 3.00. The van der Waals surface area contributed by atoms with E-state index in [0.29, 0.717) is 6.04 Å². The molecule has 2 fully saturated rings. The Morgan fingerprint density at radius 3 is 2.75 bits per heavy atom. The lowest BCUT2D eigenvalue weighted by molar-refractivity contribution is 0.0496. The van der Waals surface area contributed by atoms with Crippen LogP contribution in [0.5, 0.6) is 0 Å². The molecule has 1 N–H and O–H groups in total. The summed E-state index contributed by atoms with van der Waals surface area (Å²) >= 11 is 0. The van der Waals surface area contributed by atoms with Gasteiger partial charge in [-0.3, -0.25) is 4.90 Å². The Morgan fingerprint density at radius 1 is 1.31 bits per heavy atom. The predicted octanol–water partition coefficient (Wildman–Crippen LogP) is 1.75. The summed E-state index contributed by atoms with van der Waals surface area (Å²) in [5.41, 5.74) is -0.405. The molecule has 0 aliphatic carbocycles. The molecule has 0 saturated carbocycles. The molecule has 1 amide bonds. The van der Waals surface area contributed by atoms with Crippen molar-refractivity contribution in [3.05, 3.63) is 0 Å². The smallest absolute Gasteiger partial charge is 0.407 e. The summed E-state index contributed by atoms with van der Waals surface area (Å²) in [4.78, 5) is 14.1. The van der Waals surface area contributed by atoms with E-state index in [1.807, 2.05) is 20.8 Å². The second-order valence-corrected chi connectivity index (χ2v) is 5.79. The van der Waals surface area contributed by atoms with E-state index >= 15 is 0 Å². The first-order chi connectivity index (χ1) is 7.46. The third-order valence-corrected chi connectivity index (χ3v) is 3.31. The number of ether oxygens (including phenoxy) is 1. The van der Waals surface area contributed by atoms with Crippen LogP contribution in [-0.4, -0.2) is 41.8 Å². The average molecular weight is 226 g/mol. The summed E-state index contributed by atoms with van der Waals surface area (Å²) in [6, 6.07) is 0.838. The highest BCUT2D eigenvalue weighted by molar-refractivity contribution is 5.68. The molecule has 4 heteroatoms. The number of hydrogen-bond acceptors (Lipinski definition) is 3. The normalized spacial score (nSPS) is 30.2. The number of carbonyl (C=O) groups excluding carboxylic acids is 1. The van der Waals surface area contributed by atoms with Gasteiger partial charge in [-0.1, -0.05) is 0 Å². The Bertz CT molecular complexity index is 273. The zero-order valence-corrected chi connectivity index (χ0v) is 10.5. The molecule has 2 saturated heterocycles. The highest BCUT2D eigenvalue weighted by Crippen LogP contribution is 2.28. The number of hydrogen-bond donors (Lipinski definition) is 1. The van der Waals surface area contributed by atoms with Crippen molar-refractivity contribution in [1.82, 2.24) is 10.2 Å². The first kappa shape index (κ1) is 11.7. The number of nitrogens with one attached hydrogen (secondary N) is 1. The van der Waals surface area contributed by atoms with Gasteiger partial charge in [0.1, 0.15) is 5.60 Å². The molecule has 2 aliphatic heterocycles. The molecule has 16 heavy (non-hydrogen) atoms. The standard InChI is InChI=1S/C12H22N2O2/c1-12(2,3)16-11(15)13-9-6-8-14-7-4-5-10(9)14/h9-10H,4-8H2,1-3H3,(H,13,15)/t9-,10+/m1/s1. The van der Waals surface area contributed by atoms with Crippen LogP contribution in [0.25, 0.3) is 0 Å². The minimum absolute atomic E-state index is 0.272. The monoisotopic (exact) mass is 226 g/mol. The second-order valence-electron chi connectivity index (χ2n) is 5.79. The first-order valence-electron chi connectivity index (χ1n) is 6.19. The first-order valence-corrected chi connectivity index (χ1v) is 6.19. The van der Waals surface area contributed by atoms with E-state index in [1.54, 1.807) is 0 Å². The molecule has 92 valence electrons. The lowest BCUT2D eigenvalue weighted by Gasteiger charge is -2.24. The van der Waals surface area contributed by atoms with Gasteiger partial charge in [-0.15, -0.1) is 0 Å². The molecule has 2 atom stereocenters. The molecule has 0 bridgehead atoms. The van der Waals surface area contributed by atoms with E-state index in [1.165, 1.54) is 19.4 Å². The van der Waals surface area contributed by atoms with E-state index in [9.17, 15) is 4.79 Å². The topological polar surface area (TPSA) is 41.6 Å². The minimum atomic E-state index is -0.405. The van der Waals surface area contributed by atoms with Crippen LogP contribution in [0.4, 0.5) is 4.79 Å². The fraction of sp³-hybridized carbons (Fsp3) is 0.917. The Labute approximate surface area is 97.3 Å². The second kappa shape index (κ2) is 4.24. The molecular formula is C12H22N2O2. The maximum absolute atomic E-state index is 11.7. The number of nitrogens with zero attached hydrogens (tertiary/aromatic N) is 1. The van der Waals surface area contributed by atoms with Crippen LogP contribution in [0.2, 0.25) is 0 Å². The van der Waals surface area contributed by atoms with Gasteiger partial charge in [0, 0.05) is 18.6 Å². The van der Waals surface area contributed by atoms with Crippen LogP contribution >= 0.6 is 0 Å². The zero-order chi connectivity index (χ0) is 11.8. The van der Waals surface area contributed by atoms with Gasteiger partial charge in [0.2, 0.25) is 0 Å². The number of fused-ring (bicyclic) bond motifs is 1. The Balaban J connectivity index is 1.83. The van der Waals surface area contributed by atoms with Crippen LogP contribution in [0, 0.1) is 0 Å². The maximum atomic E-state index is 11.7. The molecule has 2 rings (SSSR count). The van der Waals surface area contributed by atoms with Crippen LogP contribution in [0.15, 0.2) is 0 Å². The van der Waals surface area contributed by atoms with E-state index < -0.39 is 5.60 Å². The van der Waals surface area contributed by atoms with Crippen molar-refractivity contribution in [1.29, 1.82) is 0 Å². The van der Waals surface area contributed by atoms with Crippen molar-refractivity contribution in [2.75, 3.05) is 13.1 Å². The maximum Gasteiger partial charge on any atom is 0.407 e. The third kappa shape index (κ3) is 2.67. The van der Waals surface area contributed by atoms with Crippen LogP contribution in [0.1, 0.15) is 40.0 Å². The van der Waals surface area contributed by atoms with Crippen LogP contribution < -0.4 is 5.32 Å². The molecule has 2 aliphatic rings. The van der Waals surface area contributed by atoms with Crippen molar-refractivity contribution < 1.29 is 9.53 Å². The quantitative estimate of drug-likeness (QED) is 0.740. The lowest BCUT2D eigenvalue weighted by atomic mass is 10.1. The van der Waals surface area contributed by atoms with Gasteiger partial charge in [-0.2, -0.15) is 0 Å². The molecule has 0 aromatic carbocycles. The average Bonchev–Trinajstić information content (AvgIpc) is 2.66. The fourth-order valence-corrected chi connectivity index (χ4v) is 2.71. The predicted molar refractivity (Wildman–Crippen MR) is 62.4 cm³/mol. The van der Waals surface area contributed by atoms with Crippen molar-refractivity contribution in [3.63, 3.8) is 0 Å². The zero-order valence-electron chi connectivity index (χ0n) is 10.5. The van der Waals surface area contributed by atoms with E-state index in [-0.39, 0.29) is 12.1 Å². The third-order valence-electron chi connectivity index (χ3n) is 3.31.